The molecule has 0 saturated carbocycles. The van der Waals surface area contributed by atoms with E-state index in [0.717, 1.165) is 31.7 Å². The molecule has 98 valence electrons. The van der Waals surface area contributed by atoms with E-state index in [4.69, 9.17) is 10.5 Å². The van der Waals surface area contributed by atoms with Gasteiger partial charge >= 0.3 is 0 Å². The van der Waals surface area contributed by atoms with Crippen molar-refractivity contribution in [2.24, 2.45) is 5.73 Å². The number of benzene rings is 1. The first-order chi connectivity index (χ1) is 8.70. The third-order valence-electron chi connectivity index (χ3n) is 2.97. The summed E-state index contributed by atoms with van der Waals surface area (Å²) in [5.74, 6) is 0.942. The summed E-state index contributed by atoms with van der Waals surface area (Å²) in [7, 11) is 0. The number of aromatic nitrogens is 1. The molecule has 0 unspecified atom stereocenters. The highest BCUT2D eigenvalue weighted by atomic mass is 16.5. The van der Waals surface area contributed by atoms with Crippen LogP contribution in [0.4, 0.5) is 0 Å². The number of hydrogen-bond acceptors (Lipinski definition) is 2. The molecule has 0 amide bonds. The maximum absolute atomic E-state index is 5.70. The van der Waals surface area contributed by atoms with Crippen LogP contribution in [0.5, 0.6) is 5.75 Å². The Morgan fingerprint density at radius 3 is 2.78 bits per heavy atom. The normalized spacial score (nSPS) is 11.3. The highest BCUT2D eigenvalue weighted by Crippen LogP contribution is 2.23. The third kappa shape index (κ3) is 3.05. The zero-order valence-electron chi connectivity index (χ0n) is 11.2. The van der Waals surface area contributed by atoms with Gasteiger partial charge in [-0.3, -0.25) is 0 Å². The highest BCUT2D eigenvalue weighted by molar-refractivity contribution is 5.81. The molecule has 2 aromatic rings. The number of aryl methyl sites for hydroxylation is 1. The molecule has 3 nitrogen and oxygen atoms in total. The Morgan fingerprint density at radius 2 is 2.06 bits per heavy atom. The van der Waals surface area contributed by atoms with E-state index in [1.807, 2.05) is 19.9 Å². The molecule has 1 aromatic carbocycles. The van der Waals surface area contributed by atoms with Crippen LogP contribution in [0.15, 0.2) is 30.5 Å². The SMILES string of the molecule is CC(C)Oc1ccc2c(ccn2CCCCN)c1. The van der Waals surface area contributed by atoms with Crippen molar-refractivity contribution in [1.29, 1.82) is 0 Å². The summed E-state index contributed by atoms with van der Waals surface area (Å²) < 4.78 is 7.99. The lowest BCUT2D eigenvalue weighted by molar-refractivity contribution is 0.243. The van der Waals surface area contributed by atoms with E-state index >= 15 is 0 Å². The van der Waals surface area contributed by atoms with Crippen LogP contribution in [0.25, 0.3) is 10.9 Å². The van der Waals surface area contributed by atoms with Crippen molar-refractivity contribution in [3.05, 3.63) is 30.5 Å². The Morgan fingerprint density at radius 1 is 1.22 bits per heavy atom. The van der Waals surface area contributed by atoms with Gasteiger partial charge in [0.15, 0.2) is 0 Å². The van der Waals surface area contributed by atoms with Gasteiger partial charge in [-0.25, -0.2) is 0 Å². The fourth-order valence-corrected chi connectivity index (χ4v) is 2.15. The Bertz CT molecular complexity index is 502. The first kappa shape index (κ1) is 13.0. The molecule has 0 aliphatic rings. The van der Waals surface area contributed by atoms with E-state index < -0.39 is 0 Å². The van der Waals surface area contributed by atoms with Crippen molar-refractivity contribution >= 4 is 10.9 Å². The number of ether oxygens (including phenoxy) is 1. The number of fused-ring (bicyclic) bond motifs is 1. The topological polar surface area (TPSA) is 40.2 Å². The highest BCUT2D eigenvalue weighted by Gasteiger charge is 2.03. The van der Waals surface area contributed by atoms with E-state index in [2.05, 4.69) is 29.0 Å². The number of hydrogen-bond donors (Lipinski definition) is 1. The van der Waals surface area contributed by atoms with E-state index in [1.54, 1.807) is 0 Å². The number of nitrogens with zero attached hydrogens (tertiary/aromatic N) is 1. The van der Waals surface area contributed by atoms with Gasteiger partial charge in [-0.15, -0.1) is 0 Å². The van der Waals surface area contributed by atoms with Gasteiger partial charge in [0.25, 0.3) is 0 Å². The molecule has 2 rings (SSSR count). The summed E-state index contributed by atoms with van der Waals surface area (Å²) in [5.41, 5.74) is 6.79. The molecule has 0 atom stereocenters. The first-order valence-electron chi connectivity index (χ1n) is 6.66. The monoisotopic (exact) mass is 246 g/mol. The average molecular weight is 246 g/mol. The van der Waals surface area contributed by atoms with Gasteiger partial charge in [-0.05, 0) is 57.5 Å². The molecule has 1 aromatic heterocycles. The molecule has 0 spiro atoms. The number of unbranched alkanes of at least 4 members (excludes halogenated alkanes) is 1. The van der Waals surface area contributed by atoms with Crippen molar-refractivity contribution < 1.29 is 4.74 Å². The van der Waals surface area contributed by atoms with Crippen LogP contribution >= 0.6 is 0 Å². The largest absolute Gasteiger partial charge is 0.491 e. The van der Waals surface area contributed by atoms with Gasteiger partial charge in [-0.2, -0.15) is 0 Å². The molecule has 3 heteroatoms. The van der Waals surface area contributed by atoms with Crippen molar-refractivity contribution in [2.75, 3.05) is 6.54 Å². The van der Waals surface area contributed by atoms with Crippen LogP contribution in [0.1, 0.15) is 26.7 Å². The maximum Gasteiger partial charge on any atom is 0.120 e. The second-order valence-corrected chi connectivity index (χ2v) is 4.89. The Hall–Kier alpha value is -1.48. The molecular weight excluding hydrogens is 224 g/mol. The summed E-state index contributed by atoms with van der Waals surface area (Å²) in [6.07, 6.45) is 4.56. The van der Waals surface area contributed by atoms with Gasteiger partial charge in [-0.1, -0.05) is 0 Å². The van der Waals surface area contributed by atoms with Crippen LogP contribution in [0.3, 0.4) is 0 Å². The summed E-state index contributed by atoms with van der Waals surface area (Å²) in [6, 6.07) is 8.43. The summed E-state index contributed by atoms with van der Waals surface area (Å²) in [5, 5.41) is 1.24. The van der Waals surface area contributed by atoms with Crippen LogP contribution < -0.4 is 10.5 Å². The minimum atomic E-state index is 0.217. The molecular formula is C15H22N2O. The number of nitrogens with two attached hydrogens (primary N) is 1. The van der Waals surface area contributed by atoms with Crippen molar-refractivity contribution in [2.45, 2.75) is 39.3 Å². The zero-order chi connectivity index (χ0) is 13.0. The zero-order valence-corrected chi connectivity index (χ0v) is 11.2. The summed E-state index contributed by atoms with van der Waals surface area (Å²) in [6.45, 7) is 5.89. The fourth-order valence-electron chi connectivity index (χ4n) is 2.15. The molecule has 0 aliphatic heterocycles. The van der Waals surface area contributed by atoms with Gasteiger partial charge in [0.2, 0.25) is 0 Å². The van der Waals surface area contributed by atoms with Crippen molar-refractivity contribution in [3.63, 3.8) is 0 Å². The minimum absolute atomic E-state index is 0.217. The van der Waals surface area contributed by atoms with Gasteiger partial charge < -0.3 is 15.0 Å². The van der Waals surface area contributed by atoms with Crippen LogP contribution in [-0.4, -0.2) is 17.2 Å². The Balaban J connectivity index is 2.15. The predicted molar refractivity (Wildman–Crippen MR) is 76.0 cm³/mol. The van der Waals surface area contributed by atoms with E-state index in [0.29, 0.717) is 0 Å². The van der Waals surface area contributed by atoms with Crippen LogP contribution in [0, 0.1) is 0 Å². The standard InChI is InChI=1S/C15H22N2O/c1-12(2)18-14-5-6-15-13(11-14)7-10-17(15)9-4-3-8-16/h5-7,10-12H,3-4,8-9,16H2,1-2H3. The van der Waals surface area contributed by atoms with Gasteiger partial charge in [0, 0.05) is 23.6 Å². The molecule has 0 radical (unpaired) electrons. The smallest absolute Gasteiger partial charge is 0.120 e. The lowest BCUT2D eigenvalue weighted by Crippen LogP contribution is -2.05. The van der Waals surface area contributed by atoms with Crippen LogP contribution in [0.2, 0.25) is 0 Å². The Labute approximate surface area is 109 Å². The maximum atomic E-state index is 5.70. The second kappa shape index (κ2) is 5.91. The van der Waals surface area contributed by atoms with Gasteiger partial charge in [0.05, 0.1) is 6.10 Å². The summed E-state index contributed by atoms with van der Waals surface area (Å²) >= 11 is 0. The van der Waals surface area contributed by atoms with Crippen LogP contribution in [-0.2, 0) is 6.54 Å². The minimum Gasteiger partial charge on any atom is -0.491 e. The Kier molecular flexibility index (Phi) is 4.26. The predicted octanol–water partition coefficient (Wildman–Crippen LogP) is 3.17. The summed E-state index contributed by atoms with van der Waals surface area (Å²) in [4.78, 5) is 0. The second-order valence-electron chi connectivity index (χ2n) is 4.89. The van der Waals surface area contributed by atoms with E-state index in [1.165, 1.54) is 10.9 Å². The molecule has 18 heavy (non-hydrogen) atoms. The van der Waals surface area contributed by atoms with Gasteiger partial charge in [0.1, 0.15) is 5.75 Å². The van der Waals surface area contributed by atoms with E-state index in [9.17, 15) is 0 Å². The third-order valence-corrected chi connectivity index (χ3v) is 2.97. The van der Waals surface area contributed by atoms with Crippen molar-refractivity contribution in [1.82, 2.24) is 4.57 Å². The first-order valence-corrected chi connectivity index (χ1v) is 6.66. The number of rotatable bonds is 6. The molecule has 2 N–H and O–H groups in total. The van der Waals surface area contributed by atoms with Crippen molar-refractivity contribution in [3.8, 4) is 5.75 Å². The molecule has 0 bridgehead atoms. The average Bonchev–Trinajstić information content (AvgIpc) is 2.71. The lowest BCUT2D eigenvalue weighted by atomic mass is 10.2. The molecule has 0 saturated heterocycles. The fraction of sp³-hybridized carbons (Fsp3) is 0.467. The van der Waals surface area contributed by atoms with E-state index in [-0.39, 0.29) is 6.10 Å². The molecule has 0 aliphatic carbocycles. The lowest BCUT2D eigenvalue weighted by Gasteiger charge is -2.10. The quantitative estimate of drug-likeness (QED) is 0.795. The molecule has 1 heterocycles. The molecule has 0 fully saturated rings.